The molecule has 3 rings (SSSR count). The van der Waals surface area contributed by atoms with E-state index < -0.39 is 5.97 Å². The normalized spacial score (nSPS) is 10.4. The van der Waals surface area contributed by atoms with Crippen molar-refractivity contribution in [3.63, 3.8) is 0 Å². The van der Waals surface area contributed by atoms with Gasteiger partial charge in [-0.3, -0.25) is 4.98 Å². The van der Waals surface area contributed by atoms with Crippen LogP contribution < -0.4 is 5.32 Å². The number of nitrogens with one attached hydrogen (secondary N) is 1. The molecule has 0 aliphatic heterocycles. The fourth-order valence-electron chi connectivity index (χ4n) is 2.57. The summed E-state index contributed by atoms with van der Waals surface area (Å²) < 4.78 is 0. The van der Waals surface area contributed by atoms with Crippen LogP contribution in [0.4, 0.5) is 10.5 Å². The summed E-state index contributed by atoms with van der Waals surface area (Å²) in [5.41, 5.74) is 1.75. The highest BCUT2D eigenvalue weighted by atomic mass is 16.4. The van der Waals surface area contributed by atoms with Gasteiger partial charge in [0, 0.05) is 37.1 Å². The van der Waals surface area contributed by atoms with Gasteiger partial charge in [0.1, 0.15) is 0 Å². The van der Waals surface area contributed by atoms with Gasteiger partial charge in [-0.15, -0.1) is 0 Å². The molecule has 0 saturated carbocycles. The summed E-state index contributed by atoms with van der Waals surface area (Å²) in [7, 11) is 1.71. The minimum absolute atomic E-state index is 0.177. The fraction of sp³-hybridized carbons (Fsp3) is 0.105. The Kier molecular flexibility index (Phi) is 4.61. The van der Waals surface area contributed by atoms with Crippen molar-refractivity contribution in [3.05, 3.63) is 72.1 Å². The topological polar surface area (TPSA) is 82.5 Å². The number of carbonyl (C=O) groups excluding carboxylic acids is 1. The highest BCUT2D eigenvalue weighted by Gasteiger charge is 2.11. The van der Waals surface area contributed by atoms with E-state index in [1.807, 2.05) is 24.3 Å². The van der Waals surface area contributed by atoms with Crippen LogP contribution in [0.1, 0.15) is 15.9 Å². The zero-order valence-electron chi connectivity index (χ0n) is 13.6. The fourth-order valence-corrected chi connectivity index (χ4v) is 2.57. The third-order valence-electron chi connectivity index (χ3n) is 3.91. The summed E-state index contributed by atoms with van der Waals surface area (Å²) in [4.78, 5) is 28.9. The SMILES string of the molecule is CN(Cc1cccc2cnccc12)C(=O)Nc1ccc(C(=O)O)cc1. The number of aromatic carboxylic acids is 1. The molecule has 0 unspecified atom stereocenters. The zero-order chi connectivity index (χ0) is 17.8. The molecule has 0 saturated heterocycles. The lowest BCUT2D eigenvalue weighted by Gasteiger charge is -2.19. The van der Waals surface area contributed by atoms with Gasteiger partial charge in [-0.2, -0.15) is 0 Å². The third-order valence-corrected chi connectivity index (χ3v) is 3.91. The summed E-state index contributed by atoms with van der Waals surface area (Å²) in [6.45, 7) is 0.445. The molecule has 0 aliphatic rings. The van der Waals surface area contributed by atoms with Crippen LogP contribution in [0.25, 0.3) is 10.8 Å². The Morgan fingerprint density at radius 1 is 1.12 bits per heavy atom. The monoisotopic (exact) mass is 335 g/mol. The van der Waals surface area contributed by atoms with Gasteiger partial charge < -0.3 is 15.3 Å². The molecule has 0 fully saturated rings. The van der Waals surface area contributed by atoms with E-state index in [0.717, 1.165) is 16.3 Å². The molecule has 0 radical (unpaired) electrons. The molecule has 1 heterocycles. The number of carboxylic acid groups (broad SMARTS) is 1. The van der Waals surface area contributed by atoms with Gasteiger partial charge in [0.05, 0.1) is 5.56 Å². The van der Waals surface area contributed by atoms with E-state index in [-0.39, 0.29) is 11.6 Å². The molecule has 0 atom stereocenters. The number of pyridine rings is 1. The van der Waals surface area contributed by atoms with Gasteiger partial charge in [0.25, 0.3) is 0 Å². The number of amides is 2. The Morgan fingerprint density at radius 3 is 2.60 bits per heavy atom. The van der Waals surface area contributed by atoms with Gasteiger partial charge in [-0.05, 0) is 41.3 Å². The molecule has 2 amide bonds. The van der Waals surface area contributed by atoms with Gasteiger partial charge >= 0.3 is 12.0 Å². The molecule has 1 aromatic heterocycles. The maximum Gasteiger partial charge on any atom is 0.335 e. The van der Waals surface area contributed by atoms with Crippen molar-refractivity contribution in [1.29, 1.82) is 0 Å². The van der Waals surface area contributed by atoms with Crippen molar-refractivity contribution in [3.8, 4) is 0 Å². The van der Waals surface area contributed by atoms with Gasteiger partial charge in [-0.1, -0.05) is 18.2 Å². The Bertz CT molecular complexity index is 917. The van der Waals surface area contributed by atoms with Crippen molar-refractivity contribution >= 4 is 28.5 Å². The Labute approximate surface area is 144 Å². The summed E-state index contributed by atoms with van der Waals surface area (Å²) in [6, 6.07) is 13.6. The van der Waals surface area contributed by atoms with Crippen molar-refractivity contribution in [2.24, 2.45) is 0 Å². The van der Waals surface area contributed by atoms with Crippen LogP contribution in [0.15, 0.2) is 60.9 Å². The van der Waals surface area contributed by atoms with Crippen LogP contribution >= 0.6 is 0 Å². The second-order valence-corrected chi connectivity index (χ2v) is 5.68. The highest BCUT2D eigenvalue weighted by Crippen LogP contribution is 2.19. The van der Waals surface area contributed by atoms with Crippen LogP contribution in [-0.4, -0.2) is 34.0 Å². The second-order valence-electron chi connectivity index (χ2n) is 5.68. The number of nitrogens with zero attached hydrogens (tertiary/aromatic N) is 2. The van der Waals surface area contributed by atoms with Crippen molar-refractivity contribution < 1.29 is 14.7 Å². The molecule has 25 heavy (non-hydrogen) atoms. The number of rotatable bonds is 4. The highest BCUT2D eigenvalue weighted by molar-refractivity contribution is 5.92. The number of carbonyl (C=O) groups is 2. The van der Waals surface area contributed by atoms with Crippen molar-refractivity contribution in [1.82, 2.24) is 9.88 Å². The first-order valence-electron chi connectivity index (χ1n) is 7.71. The van der Waals surface area contributed by atoms with E-state index >= 15 is 0 Å². The number of fused-ring (bicyclic) bond motifs is 1. The molecular formula is C19H17N3O3. The van der Waals surface area contributed by atoms with E-state index in [9.17, 15) is 9.59 Å². The average Bonchev–Trinajstić information content (AvgIpc) is 2.62. The van der Waals surface area contributed by atoms with Crippen molar-refractivity contribution in [2.75, 3.05) is 12.4 Å². The molecule has 0 aliphatic carbocycles. The van der Waals surface area contributed by atoms with Crippen LogP contribution in [0, 0.1) is 0 Å². The van der Waals surface area contributed by atoms with E-state index in [1.54, 1.807) is 36.5 Å². The Hall–Kier alpha value is -3.41. The third kappa shape index (κ3) is 3.74. The molecule has 0 bridgehead atoms. The van der Waals surface area contributed by atoms with Crippen molar-refractivity contribution in [2.45, 2.75) is 6.54 Å². The maximum atomic E-state index is 12.4. The first kappa shape index (κ1) is 16.4. The van der Waals surface area contributed by atoms with E-state index in [0.29, 0.717) is 12.2 Å². The van der Waals surface area contributed by atoms with E-state index in [4.69, 9.17) is 5.11 Å². The van der Waals surface area contributed by atoms with Crippen LogP contribution in [0.2, 0.25) is 0 Å². The Morgan fingerprint density at radius 2 is 1.88 bits per heavy atom. The predicted octanol–water partition coefficient (Wildman–Crippen LogP) is 3.60. The minimum atomic E-state index is -1.000. The van der Waals surface area contributed by atoms with Crippen LogP contribution in [0.5, 0.6) is 0 Å². The molecule has 6 heteroatoms. The van der Waals surface area contributed by atoms with Gasteiger partial charge in [0.15, 0.2) is 0 Å². The van der Waals surface area contributed by atoms with Gasteiger partial charge in [0.2, 0.25) is 0 Å². The van der Waals surface area contributed by atoms with Crippen LogP contribution in [-0.2, 0) is 6.54 Å². The summed E-state index contributed by atoms with van der Waals surface area (Å²) >= 11 is 0. The number of carboxylic acids is 1. The standard InChI is InChI=1S/C19H17N3O3/c1-22(12-15-4-2-3-14-11-20-10-9-17(14)15)19(25)21-16-7-5-13(6-8-16)18(23)24/h2-11H,12H2,1H3,(H,21,25)(H,23,24). The quantitative estimate of drug-likeness (QED) is 0.763. The largest absolute Gasteiger partial charge is 0.478 e. The number of anilines is 1. The molecule has 126 valence electrons. The number of hydrogen-bond acceptors (Lipinski definition) is 3. The summed E-state index contributed by atoms with van der Waals surface area (Å²) in [5, 5.41) is 13.7. The second kappa shape index (κ2) is 7.00. The summed E-state index contributed by atoms with van der Waals surface area (Å²) in [5.74, 6) is -1.000. The number of aromatic nitrogens is 1. The lowest BCUT2D eigenvalue weighted by atomic mass is 10.1. The van der Waals surface area contributed by atoms with E-state index in [2.05, 4.69) is 10.3 Å². The van der Waals surface area contributed by atoms with Crippen LogP contribution in [0.3, 0.4) is 0 Å². The van der Waals surface area contributed by atoms with Gasteiger partial charge in [-0.25, -0.2) is 9.59 Å². The zero-order valence-corrected chi connectivity index (χ0v) is 13.6. The first-order chi connectivity index (χ1) is 12.0. The number of benzene rings is 2. The smallest absolute Gasteiger partial charge is 0.335 e. The maximum absolute atomic E-state index is 12.4. The molecular weight excluding hydrogens is 318 g/mol. The number of hydrogen-bond donors (Lipinski definition) is 2. The molecule has 3 aromatic rings. The molecule has 0 spiro atoms. The minimum Gasteiger partial charge on any atom is -0.478 e. The summed E-state index contributed by atoms with van der Waals surface area (Å²) in [6.07, 6.45) is 3.53. The van der Waals surface area contributed by atoms with E-state index in [1.165, 1.54) is 12.1 Å². The molecule has 2 N–H and O–H groups in total. The predicted molar refractivity (Wildman–Crippen MR) is 95.6 cm³/mol. The lowest BCUT2D eigenvalue weighted by molar-refractivity contribution is 0.0697. The average molecular weight is 335 g/mol. The first-order valence-corrected chi connectivity index (χ1v) is 7.71. The lowest BCUT2D eigenvalue weighted by Crippen LogP contribution is -2.30. The Balaban J connectivity index is 1.71. The number of urea groups is 1. The molecule has 6 nitrogen and oxygen atoms in total. The molecule has 2 aromatic carbocycles.